The molecule has 1 aromatic carbocycles. The lowest BCUT2D eigenvalue weighted by atomic mass is 9.81. The van der Waals surface area contributed by atoms with E-state index < -0.39 is 0 Å². The largest absolute Gasteiger partial charge is 0.399 e. The van der Waals surface area contributed by atoms with Crippen LogP contribution < -0.4 is 5.73 Å². The van der Waals surface area contributed by atoms with Crippen LogP contribution in [-0.2, 0) is 0 Å². The van der Waals surface area contributed by atoms with E-state index in [0.717, 1.165) is 17.6 Å². The summed E-state index contributed by atoms with van der Waals surface area (Å²) in [6.07, 6.45) is 6.85. The molecule has 0 radical (unpaired) electrons. The first kappa shape index (κ1) is 14.4. The Morgan fingerprint density at radius 2 is 2.05 bits per heavy atom. The molecule has 2 heteroatoms. The average molecular weight is 260 g/mol. The molecule has 3 atom stereocenters. The van der Waals surface area contributed by atoms with Gasteiger partial charge in [0, 0.05) is 17.8 Å². The number of anilines is 1. The monoisotopic (exact) mass is 260 g/mol. The molecule has 1 aliphatic rings. The summed E-state index contributed by atoms with van der Waals surface area (Å²) in [7, 11) is 2.28. The van der Waals surface area contributed by atoms with Crippen molar-refractivity contribution in [3.05, 3.63) is 29.8 Å². The van der Waals surface area contributed by atoms with Gasteiger partial charge in [0.05, 0.1) is 0 Å². The first-order valence-electron chi connectivity index (χ1n) is 7.70. The third-order valence-electron chi connectivity index (χ3n) is 4.92. The van der Waals surface area contributed by atoms with E-state index in [-0.39, 0.29) is 0 Å². The molecule has 19 heavy (non-hydrogen) atoms. The van der Waals surface area contributed by atoms with Crippen molar-refractivity contribution in [3.63, 3.8) is 0 Å². The Balaban J connectivity index is 2.11. The number of hydrogen-bond donors (Lipinski definition) is 1. The molecule has 3 unspecified atom stereocenters. The van der Waals surface area contributed by atoms with Crippen LogP contribution in [0.4, 0.5) is 5.69 Å². The number of nitrogens with two attached hydrogens (primary N) is 1. The van der Waals surface area contributed by atoms with E-state index in [1.54, 1.807) is 0 Å². The Morgan fingerprint density at radius 1 is 1.32 bits per heavy atom. The first-order chi connectivity index (χ1) is 9.13. The van der Waals surface area contributed by atoms with Crippen molar-refractivity contribution < 1.29 is 0 Å². The molecule has 106 valence electrons. The van der Waals surface area contributed by atoms with Crippen molar-refractivity contribution in [2.45, 2.75) is 58.0 Å². The SMILES string of the molecule is CCC1CCCCC1N(C)C(C)c1cccc(N)c1. The molecule has 1 aromatic rings. The summed E-state index contributed by atoms with van der Waals surface area (Å²) in [6.45, 7) is 4.64. The molecule has 2 N–H and O–H groups in total. The van der Waals surface area contributed by atoms with Gasteiger partial charge >= 0.3 is 0 Å². The molecule has 1 fully saturated rings. The number of nitrogens with zero attached hydrogens (tertiary/aromatic N) is 1. The predicted octanol–water partition coefficient (Wildman–Crippen LogP) is 4.23. The minimum Gasteiger partial charge on any atom is -0.399 e. The molecule has 0 heterocycles. The second kappa shape index (κ2) is 6.42. The van der Waals surface area contributed by atoms with E-state index in [1.807, 2.05) is 6.07 Å². The Morgan fingerprint density at radius 3 is 2.74 bits per heavy atom. The number of rotatable bonds is 4. The molecule has 2 nitrogen and oxygen atoms in total. The van der Waals surface area contributed by atoms with Crippen LogP contribution in [0.3, 0.4) is 0 Å². The fraction of sp³-hybridized carbons (Fsp3) is 0.647. The molecule has 0 aromatic heterocycles. The van der Waals surface area contributed by atoms with Gasteiger partial charge < -0.3 is 5.73 Å². The Kier molecular flexibility index (Phi) is 4.87. The highest BCUT2D eigenvalue weighted by molar-refractivity contribution is 5.41. The zero-order valence-electron chi connectivity index (χ0n) is 12.6. The van der Waals surface area contributed by atoms with Gasteiger partial charge in [0.15, 0.2) is 0 Å². The second-order valence-corrected chi connectivity index (χ2v) is 6.03. The smallest absolute Gasteiger partial charge is 0.0320 e. The van der Waals surface area contributed by atoms with Gasteiger partial charge in [-0.05, 0) is 50.4 Å². The summed E-state index contributed by atoms with van der Waals surface area (Å²) in [5.41, 5.74) is 8.11. The summed E-state index contributed by atoms with van der Waals surface area (Å²) in [5.74, 6) is 0.863. The van der Waals surface area contributed by atoms with Gasteiger partial charge in [0.25, 0.3) is 0 Å². The van der Waals surface area contributed by atoms with Crippen molar-refractivity contribution in [2.75, 3.05) is 12.8 Å². The lowest BCUT2D eigenvalue weighted by Gasteiger charge is -2.41. The molecular weight excluding hydrogens is 232 g/mol. The van der Waals surface area contributed by atoms with Crippen LogP contribution in [0.5, 0.6) is 0 Å². The van der Waals surface area contributed by atoms with Crippen LogP contribution >= 0.6 is 0 Å². The zero-order chi connectivity index (χ0) is 13.8. The predicted molar refractivity (Wildman–Crippen MR) is 83.1 cm³/mol. The summed E-state index contributed by atoms with van der Waals surface area (Å²) in [4.78, 5) is 2.57. The van der Waals surface area contributed by atoms with Crippen molar-refractivity contribution in [2.24, 2.45) is 5.92 Å². The fourth-order valence-electron chi connectivity index (χ4n) is 3.54. The van der Waals surface area contributed by atoms with E-state index in [2.05, 4.69) is 44.0 Å². The lowest BCUT2D eigenvalue weighted by Crippen LogP contribution is -2.41. The van der Waals surface area contributed by atoms with Gasteiger partial charge in [0.1, 0.15) is 0 Å². The van der Waals surface area contributed by atoms with Gasteiger partial charge in [-0.1, -0.05) is 38.3 Å². The standard InChI is InChI=1S/C17H28N2/c1-4-14-8-5-6-11-17(14)19(3)13(2)15-9-7-10-16(18)12-15/h7,9-10,12-14,17H,4-6,8,11,18H2,1-3H3. The maximum absolute atomic E-state index is 5.91. The van der Waals surface area contributed by atoms with Crippen LogP contribution in [-0.4, -0.2) is 18.0 Å². The molecular formula is C17H28N2. The summed E-state index contributed by atoms with van der Waals surface area (Å²) < 4.78 is 0. The van der Waals surface area contributed by atoms with Gasteiger partial charge in [-0.25, -0.2) is 0 Å². The Labute approximate surface area is 118 Å². The van der Waals surface area contributed by atoms with E-state index in [4.69, 9.17) is 5.73 Å². The Bertz CT molecular complexity index is 402. The number of hydrogen-bond acceptors (Lipinski definition) is 2. The average Bonchev–Trinajstić information content (AvgIpc) is 2.45. The molecule has 0 aliphatic heterocycles. The van der Waals surface area contributed by atoms with Crippen molar-refractivity contribution in [1.29, 1.82) is 0 Å². The minimum absolute atomic E-state index is 0.445. The van der Waals surface area contributed by atoms with Crippen LogP contribution in [0, 0.1) is 5.92 Å². The number of nitrogen functional groups attached to an aromatic ring is 1. The van der Waals surface area contributed by atoms with E-state index >= 15 is 0 Å². The van der Waals surface area contributed by atoms with E-state index in [1.165, 1.54) is 37.7 Å². The van der Waals surface area contributed by atoms with E-state index in [0.29, 0.717) is 6.04 Å². The summed E-state index contributed by atoms with van der Waals surface area (Å²) >= 11 is 0. The third kappa shape index (κ3) is 3.30. The maximum atomic E-state index is 5.91. The van der Waals surface area contributed by atoms with Crippen LogP contribution in [0.2, 0.25) is 0 Å². The van der Waals surface area contributed by atoms with Crippen LogP contribution in [0.15, 0.2) is 24.3 Å². The van der Waals surface area contributed by atoms with Crippen molar-refractivity contribution >= 4 is 5.69 Å². The van der Waals surface area contributed by atoms with E-state index in [9.17, 15) is 0 Å². The van der Waals surface area contributed by atoms with Gasteiger partial charge in [0.2, 0.25) is 0 Å². The van der Waals surface area contributed by atoms with Gasteiger partial charge in [-0.3, -0.25) is 4.90 Å². The maximum Gasteiger partial charge on any atom is 0.0320 e. The molecule has 0 spiro atoms. The van der Waals surface area contributed by atoms with Crippen LogP contribution in [0.1, 0.15) is 57.6 Å². The topological polar surface area (TPSA) is 29.3 Å². The molecule has 1 saturated carbocycles. The second-order valence-electron chi connectivity index (χ2n) is 6.03. The third-order valence-corrected chi connectivity index (χ3v) is 4.92. The summed E-state index contributed by atoms with van der Waals surface area (Å²) in [5, 5.41) is 0. The lowest BCUT2D eigenvalue weighted by molar-refractivity contribution is 0.0932. The highest BCUT2D eigenvalue weighted by atomic mass is 15.2. The van der Waals surface area contributed by atoms with Crippen molar-refractivity contribution in [1.82, 2.24) is 4.90 Å². The molecule has 0 saturated heterocycles. The van der Waals surface area contributed by atoms with Crippen LogP contribution in [0.25, 0.3) is 0 Å². The summed E-state index contributed by atoms with van der Waals surface area (Å²) in [6, 6.07) is 9.52. The Hall–Kier alpha value is -1.02. The normalized spacial score (nSPS) is 25.5. The van der Waals surface area contributed by atoms with Gasteiger partial charge in [-0.15, -0.1) is 0 Å². The highest BCUT2D eigenvalue weighted by Crippen LogP contribution is 2.34. The molecule has 1 aliphatic carbocycles. The molecule has 2 rings (SSSR count). The van der Waals surface area contributed by atoms with Gasteiger partial charge in [-0.2, -0.15) is 0 Å². The quantitative estimate of drug-likeness (QED) is 0.821. The molecule has 0 bridgehead atoms. The fourth-order valence-corrected chi connectivity index (χ4v) is 3.54. The minimum atomic E-state index is 0.445. The molecule has 0 amide bonds. The highest BCUT2D eigenvalue weighted by Gasteiger charge is 2.29. The van der Waals surface area contributed by atoms with Crippen molar-refractivity contribution in [3.8, 4) is 0 Å². The number of benzene rings is 1. The zero-order valence-corrected chi connectivity index (χ0v) is 12.6. The first-order valence-corrected chi connectivity index (χ1v) is 7.70.